The molecule has 27 heavy (non-hydrogen) atoms. The summed E-state index contributed by atoms with van der Waals surface area (Å²) in [5.41, 5.74) is 3.15. The van der Waals surface area contributed by atoms with E-state index in [0.29, 0.717) is 13.2 Å². The Labute approximate surface area is 159 Å². The number of aryl methyl sites for hydroxylation is 1. The molecular weight excluding hydrogens is 340 g/mol. The van der Waals surface area contributed by atoms with Crippen molar-refractivity contribution in [3.63, 3.8) is 0 Å². The van der Waals surface area contributed by atoms with E-state index in [2.05, 4.69) is 31.2 Å². The molecule has 3 aromatic rings. The lowest BCUT2D eigenvalue weighted by Crippen LogP contribution is -2.28. The molecule has 0 aromatic heterocycles. The summed E-state index contributed by atoms with van der Waals surface area (Å²) in [6.45, 7) is 3.20. The molecule has 1 aliphatic rings. The van der Waals surface area contributed by atoms with Gasteiger partial charge in [0.1, 0.15) is 17.2 Å². The largest absolute Gasteiger partial charge is 0.497 e. The molecule has 4 nitrogen and oxygen atoms in total. The molecular formula is C23H22O4. The van der Waals surface area contributed by atoms with Gasteiger partial charge in [-0.3, -0.25) is 0 Å². The zero-order valence-electron chi connectivity index (χ0n) is 15.5. The predicted molar refractivity (Wildman–Crippen MR) is 103 cm³/mol. The number of rotatable bonds is 5. The third-order valence-electron chi connectivity index (χ3n) is 4.66. The van der Waals surface area contributed by atoms with Crippen molar-refractivity contribution in [2.75, 3.05) is 20.3 Å². The summed E-state index contributed by atoms with van der Waals surface area (Å²) in [5.74, 6) is 1.45. The molecule has 0 bridgehead atoms. The van der Waals surface area contributed by atoms with Crippen molar-refractivity contribution in [1.29, 1.82) is 0 Å². The topological polar surface area (TPSA) is 36.9 Å². The highest BCUT2D eigenvalue weighted by molar-refractivity contribution is 5.40. The van der Waals surface area contributed by atoms with E-state index in [1.54, 1.807) is 7.11 Å². The van der Waals surface area contributed by atoms with Crippen molar-refractivity contribution in [3.05, 3.63) is 89.5 Å². The lowest BCUT2D eigenvalue weighted by molar-refractivity contribution is -0.129. The minimum atomic E-state index is -0.855. The van der Waals surface area contributed by atoms with E-state index in [0.717, 1.165) is 28.4 Å². The maximum atomic E-state index is 6.06. The third kappa shape index (κ3) is 3.54. The van der Waals surface area contributed by atoms with Gasteiger partial charge in [-0.15, -0.1) is 0 Å². The van der Waals surface area contributed by atoms with Crippen LogP contribution in [0, 0.1) is 6.92 Å². The first-order chi connectivity index (χ1) is 13.2. The highest BCUT2D eigenvalue weighted by atomic mass is 16.7. The van der Waals surface area contributed by atoms with Gasteiger partial charge in [0.15, 0.2) is 0 Å². The molecule has 138 valence electrons. The van der Waals surface area contributed by atoms with Gasteiger partial charge in [-0.1, -0.05) is 29.8 Å². The van der Waals surface area contributed by atoms with Crippen molar-refractivity contribution < 1.29 is 18.9 Å². The maximum absolute atomic E-state index is 6.06. The average molecular weight is 362 g/mol. The van der Waals surface area contributed by atoms with Crippen LogP contribution in [-0.2, 0) is 15.3 Å². The number of methoxy groups -OCH3 is 1. The third-order valence-corrected chi connectivity index (χ3v) is 4.66. The first-order valence-corrected chi connectivity index (χ1v) is 8.97. The summed E-state index contributed by atoms with van der Waals surface area (Å²) in [6, 6.07) is 23.6. The molecule has 0 amide bonds. The zero-order valence-corrected chi connectivity index (χ0v) is 15.5. The Morgan fingerprint density at radius 1 is 0.667 bits per heavy atom. The molecule has 0 radical (unpaired) electrons. The Kier molecular flexibility index (Phi) is 4.84. The predicted octanol–water partition coefficient (Wildman–Crippen LogP) is 5.04. The SMILES string of the molecule is COc1ccc(Oc2ccc(C3(c4ccc(C)cc4)OCCO3)cc2)cc1. The smallest absolute Gasteiger partial charge is 0.222 e. The van der Waals surface area contributed by atoms with Crippen molar-refractivity contribution in [1.82, 2.24) is 0 Å². The van der Waals surface area contributed by atoms with Crippen molar-refractivity contribution in [2.24, 2.45) is 0 Å². The molecule has 4 rings (SSSR count). The molecule has 0 unspecified atom stereocenters. The maximum Gasteiger partial charge on any atom is 0.222 e. The summed E-state index contributed by atoms with van der Waals surface area (Å²) >= 11 is 0. The summed E-state index contributed by atoms with van der Waals surface area (Å²) < 4.78 is 23.2. The quantitative estimate of drug-likeness (QED) is 0.637. The van der Waals surface area contributed by atoms with Crippen molar-refractivity contribution >= 4 is 0 Å². The van der Waals surface area contributed by atoms with E-state index in [1.165, 1.54) is 5.56 Å². The van der Waals surface area contributed by atoms with Gasteiger partial charge < -0.3 is 18.9 Å². The molecule has 1 saturated heterocycles. The Morgan fingerprint density at radius 2 is 1.11 bits per heavy atom. The fourth-order valence-corrected chi connectivity index (χ4v) is 3.21. The summed E-state index contributed by atoms with van der Waals surface area (Å²) in [5, 5.41) is 0. The Balaban J connectivity index is 1.58. The normalized spacial score (nSPS) is 15.5. The monoisotopic (exact) mass is 362 g/mol. The van der Waals surface area contributed by atoms with Crippen LogP contribution in [0.3, 0.4) is 0 Å². The van der Waals surface area contributed by atoms with Gasteiger partial charge in [0, 0.05) is 11.1 Å². The Bertz CT molecular complexity index is 877. The number of ether oxygens (including phenoxy) is 4. The van der Waals surface area contributed by atoms with Crippen molar-refractivity contribution in [3.8, 4) is 17.2 Å². The van der Waals surface area contributed by atoms with Crippen LogP contribution in [-0.4, -0.2) is 20.3 Å². The molecule has 0 N–H and O–H groups in total. The lowest BCUT2D eigenvalue weighted by Gasteiger charge is -2.28. The van der Waals surface area contributed by atoms with Crippen LogP contribution in [0.5, 0.6) is 17.2 Å². The van der Waals surface area contributed by atoms with Gasteiger partial charge in [0.25, 0.3) is 0 Å². The lowest BCUT2D eigenvalue weighted by atomic mass is 9.96. The van der Waals surface area contributed by atoms with Crippen LogP contribution in [0.25, 0.3) is 0 Å². The Hall–Kier alpha value is -2.82. The molecule has 1 fully saturated rings. The number of hydrogen-bond donors (Lipinski definition) is 0. The van der Waals surface area contributed by atoms with Crippen LogP contribution in [0.2, 0.25) is 0 Å². The first kappa shape index (κ1) is 17.6. The highest BCUT2D eigenvalue weighted by Crippen LogP contribution is 2.39. The van der Waals surface area contributed by atoms with Gasteiger partial charge in [-0.2, -0.15) is 0 Å². The van der Waals surface area contributed by atoms with Crippen LogP contribution in [0.4, 0.5) is 0 Å². The summed E-state index contributed by atoms with van der Waals surface area (Å²) in [7, 11) is 1.64. The Morgan fingerprint density at radius 3 is 1.63 bits per heavy atom. The van der Waals surface area contributed by atoms with Crippen LogP contribution in [0.15, 0.2) is 72.8 Å². The van der Waals surface area contributed by atoms with Gasteiger partial charge in [-0.05, 0) is 55.5 Å². The fraction of sp³-hybridized carbons (Fsp3) is 0.217. The second-order valence-corrected chi connectivity index (χ2v) is 6.48. The van der Waals surface area contributed by atoms with Gasteiger partial charge >= 0.3 is 0 Å². The molecule has 0 aliphatic carbocycles. The van der Waals surface area contributed by atoms with E-state index in [4.69, 9.17) is 18.9 Å². The van der Waals surface area contributed by atoms with E-state index in [1.807, 2.05) is 48.5 Å². The van der Waals surface area contributed by atoms with Gasteiger partial charge in [-0.25, -0.2) is 0 Å². The zero-order chi connectivity index (χ0) is 18.7. The minimum Gasteiger partial charge on any atom is -0.497 e. The number of benzene rings is 3. The van der Waals surface area contributed by atoms with E-state index in [9.17, 15) is 0 Å². The van der Waals surface area contributed by atoms with Crippen LogP contribution in [0.1, 0.15) is 16.7 Å². The van der Waals surface area contributed by atoms with Gasteiger partial charge in [0.2, 0.25) is 5.79 Å². The molecule has 0 saturated carbocycles. The first-order valence-electron chi connectivity index (χ1n) is 8.97. The van der Waals surface area contributed by atoms with Crippen molar-refractivity contribution in [2.45, 2.75) is 12.7 Å². The molecule has 3 aromatic carbocycles. The van der Waals surface area contributed by atoms with E-state index >= 15 is 0 Å². The van der Waals surface area contributed by atoms with Gasteiger partial charge in [0.05, 0.1) is 20.3 Å². The highest BCUT2D eigenvalue weighted by Gasteiger charge is 2.40. The average Bonchev–Trinajstić information content (AvgIpc) is 3.21. The molecule has 1 heterocycles. The molecule has 1 aliphatic heterocycles. The van der Waals surface area contributed by atoms with E-state index in [-0.39, 0.29) is 0 Å². The van der Waals surface area contributed by atoms with Crippen LogP contribution >= 0.6 is 0 Å². The standard InChI is InChI=1S/C23H22O4/c1-17-3-5-18(6-4-17)23(25-15-16-26-23)19-7-9-21(10-8-19)27-22-13-11-20(24-2)12-14-22/h3-14H,15-16H2,1-2H3. The second kappa shape index (κ2) is 7.43. The molecule has 0 atom stereocenters. The van der Waals surface area contributed by atoms with E-state index < -0.39 is 5.79 Å². The summed E-state index contributed by atoms with van der Waals surface area (Å²) in [6.07, 6.45) is 0. The number of hydrogen-bond acceptors (Lipinski definition) is 4. The second-order valence-electron chi connectivity index (χ2n) is 6.48. The molecule has 4 heteroatoms. The van der Waals surface area contributed by atoms with Crippen LogP contribution < -0.4 is 9.47 Å². The summed E-state index contributed by atoms with van der Waals surface area (Å²) in [4.78, 5) is 0. The molecule has 0 spiro atoms. The minimum absolute atomic E-state index is 0.567. The fourth-order valence-electron chi connectivity index (χ4n) is 3.21.